The minimum Gasteiger partial charge on any atom is -0.492 e. The van der Waals surface area contributed by atoms with E-state index in [9.17, 15) is 4.79 Å². The maximum absolute atomic E-state index is 11.0. The molecule has 1 aliphatic rings. The minimum absolute atomic E-state index is 0.198. The van der Waals surface area contributed by atoms with Crippen LogP contribution in [0.15, 0.2) is 12.1 Å². The quantitative estimate of drug-likeness (QED) is 0.728. The molecule has 98 valence electrons. The first kappa shape index (κ1) is 12.7. The molecule has 0 bridgehead atoms. The van der Waals surface area contributed by atoms with Crippen molar-refractivity contribution in [2.24, 2.45) is 5.92 Å². The average molecular weight is 250 g/mol. The summed E-state index contributed by atoms with van der Waals surface area (Å²) in [6.07, 6.45) is 3.02. The van der Waals surface area contributed by atoms with Crippen molar-refractivity contribution in [2.75, 3.05) is 13.4 Å². The van der Waals surface area contributed by atoms with Gasteiger partial charge < -0.3 is 14.2 Å². The molecule has 18 heavy (non-hydrogen) atoms. The van der Waals surface area contributed by atoms with Crippen molar-refractivity contribution in [3.05, 3.63) is 17.7 Å². The lowest BCUT2D eigenvalue weighted by Gasteiger charge is -2.13. The first-order valence-corrected chi connectivity index (χ1v) is 6.26. The number of carbonyl (C=O) groups excluding carboxylic acids is 1. The molecule has 0 N–H and O–H groups in total. The number of fused-ring (bicyclic) bond motifs is 1. The third-order valence-electron chi connectivity index (χ3n) is 2.94. The van der Waals surface area contributed by atoms with Gasteiger partial charge in [-0.1, -0.05) is 20.3 Å². The fourth-order valence-electron chi connectivity index (χ4n) is 1.96. The van der Waals surface area contributed by atoms with Crippen LogP contribution < -0.4 is 14.2 Å². The number of aldehydes is 1. The van der Waals surface area contributed by atoms with E-state index >= 15 is 0 Å². The van der Waals surface area contributed by atoms with Gasteiger partial charge in [0, 0.05) is 6.07 Å². The summed E-state index contributed by atoms with van der Waals surface area (Å²) in [7, 11) is 0. The summed E-state index contributed by atoms with van der Waals surface area (Å²) < 4.78 is 16.2. The third-order valence-corrected chi connectivity index (χ3v) is 2.94. The normalized spacial score (nSPS) is 14.3. The highest BCUT2D eigenvalue weighted by Gasteiger charge is 2.18. The van der Waals surface area contributed by atoms with E-state index in [1.807, 2.05) is 0 Å². The number of benzene rings is 1. The van der Waals surface area contributed by atoms with Gasteiger partial charge in [0.15, 0.2) is 17.8 Å². The van der Waals surface area contributed by atoms with Crippen LogP contribution in [0.25, 0.3) is 0 Å². The highest BCUT2D eigenvalue weighted by atomic mass is 16.7. The summed E-state index contributed by atoms with van der Waals surface area (Å²) in [5, 5.41) is 0. The van der Waals surface area contributed by atoms with Gasteiger partial charge >= 0.3 is 0 Å². The molecule has 2 rings (SSSR count). The lowest BCUT2D eigenvalue weighted by Crippen LogP contribution is -2.09. The second-order valence-electron chi connectivity index (χ2n) is 4.57. The summed E-state index contributed by atoms with van der Waals surface area (Å²) in [6, 6.07) is 3.39. The third kappa shape index (κ3) is 2.75. The summed E-state index contributed by atoms with van der Waals surface area (Å²) in [5.41, 5.74) is 0.503. The van der Waals surface area contributed by atoms with E-state index in [2.05, 4.69) is 13.8 Å². The Balaban J connectivity index is 2.09. The monoisotopic (exact) mass is 250 g/mol. The summed E-state index contributed by atoms with van der Waals surface area (Å²) in [6.45, 7) is 5.09. The fraction of sp³-hybridized carbons (Fsp3) is 0.500. The Labute approximate surface area is 107 Å². The van der Waals surface area contributed by atoms with E-state index in [1.165, 1.54) is 0 Å². The molecule has 4 heteroatoms. The highest BCUT2D eigenvalue weighted by Crippen LogP contribution is 2.37. The summed E-state index contributed by atoms with van der Waals surface area (Å²) >= 11 is 0. The fourth-order valence-corrected chi connectivity index (χ4v) is 1.96. The summed E-state index contributed by atoms with van der Waals surface area (Å²) in [5.74, 6) is 2.28. The average Bonchev–Trinajstić information content (AvgIpc) is 2.82. The molecular weight excluding hydrogens is 232 g/mol. The lowest BCUT2D eigenvalue weighted by atomic mass is 10.1. The van der Waals surface area contributed by atoms with E-state index in [1.54, 1.807) is 12.1 Å². The molecule has 0 saturated carbocycles. The van der Waals surface area contributed by atoms with E-state index in [-0.39, 0.29) is 6.79 Å². The van der Waals surface area contributed by atoms with Gasteiger partial charge in [0.2, 0.25) is 6.79 Å². The molecule has 0 amide bonds. The van der Waals surface area contributed by atoms with Crippen LogP contribution in [-0.2, 0) is 0 Å². The van der Waals surface area contributed by atoms with Crippen molar-refractivity contribution in [3.8, 4) is 17.2 Å². The Kier molecular flexibility index (Phi) is 4.07. The first-order valence-electron chi connectivity index (χ1n) is 6.26. The van der Waals surface area contributed by atoms with Crippen LogP contribution in [0.5, 0.6) is 17.2 Å². The smallest absolute Gasteiger partial charge is 0.231 e. The second-order valence-corrected chi connectivity index (χ2v) is 4.57. The van der Waals surface area contributed by atoms with Crippen LogP contribution in [0.2, 0.25) is 0 Å². The van der Waals surface area contributed by atoms with E-state index in [0.29, 0.717) is 35.3 Å². The molecule has 0 aromatic heterocycles. The Bertz CT molecular complexity index is 428. The van der Waals surface area contributed by atoms with Gasteiger partial charge in [0.25, 0.3) is 0 Å². The predicted molar refractivity (Wildman–Crippen MR) is 67.5 cm³/mol. The zero-order valence-corrected chi connectivity index (χ0v) is 10.8. The van der Waals surface area contributed by atoms with Gasteiger partial charge in [0.1, 0.15) is 5.75 Å². The molecule has 0 fully saturated rings. The first-order chi connectivity index (χ1) is 8.74. The van der Waals surface area contributed by atoms with Crippen LogP contribution in [0.4, 0.5) is 0 Å². The number of hydrogen-bond donors (Lipinski definition) is 0. The highest BCUT2D eigenvalue weighted by molar-refractivity contribution is 5.81. The predicted octanol–water partition coefficient (Wildman–Crippen LogP) is 3.04. The number of rotatable bonds is 6. The number of ether oxygens (including phenoxy) is 3. The Morgan fingerprint density at radius 3 is 2.78 bits per heavy atom. The molecule has 1 aromatic rings. The molecule has 1 heterocycles. The summed E-state index contributed by atoms with van der Waals surface area (Å²) in [4.78, 5) is 11.0. The molecule has 1 aliphatic heterocycles. The lowest BCUT2D eigenvalue weighted by molar-refractivity contribution is 0.111. The van der Waals surface area contributed by atoms with Crippen LogP contribution in [0.1, 0.15) is 37.0 Å². The Morgan fingerprint density at radius 1 is 1.39 bits per heavy atom. The topological polar surface area (TPSA) is 44.8 Å². The second kappa shape index (κ2) is 5.76. The molecule has 0 aliphatic carbocycles. The SMILES string of the molecule is CCCC(C)COc1cc2c(cc1C=O)OCO2. The van der Waals surface area contributed by atoms with Gasteiger partial charge in [0.05, 0.1) is 12.2 Å². The molecule has 0 saturated heterocycles. The van der Waals surface area contributed by atoms with E-state index in [0.717, 1.165) is 19.1 Å². The van der Waals surface area contributed by atoms with Gasteiger partial charge in [-0.2, -0.15) is 0 Å². The Hall–Kier alpha value is -1.71. The number of hydrogen-bond acceptors (Lipinski definition) is 4. The van der Waals surface area contributed by atoms with Crippen molar-refractivity contribution in [1.82, 2.24) is 0 Å². The molecule has 0 radical (unpaired) electrons. The van der Waals surface area contributed by atoms with Crippen LogP contribution in [0.3, 0.4) is 0 Å². The van der Waals surface area contributed by atoms with Crippen molar-refractivity contribution in [1.29, 1.82) is 0 Å². The van der Waals surface area contributed by atoms with Crippen molar-refractivity contribution < 1.29 is 19.0 Å². The molecule has 1 aromatic carbocycles. The largest absolute Gasteiger partial charge is 0.492 e. The molecule has 1 atom stereocenters. The van der Waals surface area contributed by atoms with Crippen LogP contribution >= 0.6 is 0 Å². The maximum Gasteiger partial charge on any atom is 0.231 e. The van der Waals surface area contributed by atoms with Gasteiger partial charge in [-0.25, -0.2) is 0 Å². The van der Waals surface area contributed by atoms with Crippen molar-refractivity contribution in [2.45, 2.75) is 26.7 Å². The van der Waals surface area contributed by atoms with Crippen LogP contribution in [-0.4, -0.2) is 19.7 Å². The van der Waals surface area contributed by atoms with E-state index < -0.39 is 0 Å². The molecule has 1 unspecified atom stereocenters. The van der Waals surface area contributed by atoms with Crippen molar-refractivity contribution in [3.63, 3.8) is 0 Å². The Morgan fingerprint density at radius 2 is 2.11 bits per heavy atom. The molecule has 4 nitrogen and oxygen atoms in total. The zero-order valence-electron chi connectivity index (χ0n) is 10.8. The van der Waals surface area contributed by atoms with Gasteiger partial charge in [-0.05, 0) is 18.4 Å². The van der Waals surface area contributed by atoms with Gasteiger partial charge in [-0.3, -0.25) is 4.79 Å². The molecule has 0 spiro atoms. The standard InChI is InChI=1S/C14H18O4/c1-3-4-10(2)8-16-12-6-14-13(17-9-18-14)5-11(12)7-15/h5-7,10H,3-4,8-9H2,1-2H3. The van der Waals surface area contributed by atoms with Crippen molar-refractivity contribution >= 4 is 6.29 Å². The van der Waals surface area contributed by atoms with Gasteiger partial charge in [-0.15, -0.1) is 0 Å². The minimum atomic E-state index is 0.198. The zero-order chi connectivity index (χ0) is 13.0. The van der Waals surface area contributed by atoms with Crippen LogP contribution in [0, 0.1) is 5.92 Å². The maximum atomic E-state index is 11.0. The van der Waals surface area contributed by atoms with E-state index in [4.69, 9.17) is 14.2 Å². The molecular formula is C14H18O4. The number of carbonyl (C=O) groups is 1.